The first-order chi connectivity index (χ1) is 8.22. The maximum atomic E-state index is 11.4. The highest BCUT2D eigenvalue weighted by molar-refractivity contribution is 5.73. The second-order valence-corrected chi connectivity index (χ2v) is 4.36. The Morgan fingerprint density at radius 1 is 1.53 bits per heavy atom. The van der Waals surface area contributed by atoms with Crippen LogP contribution in [0.1, 0.15) is 36.1 Å². The third-order valence-electron chi connectivity index (χ3n) is 3.21. The lowest BCUT2D eigenvalue weighted by Crippen LogP contribution is -2.10. The molecule has 0 bridgehead atoms. The van der Waals surface area contributed by atoms with Gasteiger partial charge >= 0.3 is 5.97 Å². The van der Waals surface area contributed by atoms with Crippen LogP contribution in [-0.4, -0.2) is 19.7 Å². The summed E-state index contributed by atoms with van der Waals surface area (Å²) in [7, 11) is 1.42. The van der Waals surface area contributed by atoms with Crippen molar-refractivity contribution < 1.29 is 14.3 Å². The summed E-state index contributed by atoms with van der Waals surface area (Å²) in [6.07, 6.45) is 2.45. The van der Waals surface area contributed by atoms with Gasteiger partial charge in [-0.25, -0.2) is 0 Å². The van der Waals surface area contributed by atoms with Crippen LogP contribution in [0.4, 0.5) is 0 Å². The number of carbonyl (C=O) groups is 1. The van der Waals surface area contributed by atoms with Crippen LogP contribution in [0.15, 0.2) is 18.2 Å². The Labute approximate surface area is 102 Å². The van der Waals surface area contributed by atoms with Gasteiger partial charge in [0.2, 0.25) is 0 Å². The molecule has 2 rings (SSSR count). The molecular weight excluding hydrogens is 216 g/mol. The fourth-order valence-corrected chi connectivity index (χ4v) is 2.39. The minimum Gasteiger partial charge on any atom is -0.469 e. The van der Waals surface area contributed by atoms with Crippen molar-refractivity contribution in [3.63, 3.8) is 0 Å². The molecule has 0 N–H and O–H groups in total. The van der Waals surface area contributed by atoms with E-state index in [1.807, 2.05) is 19.1 Å². The number of esters is 1. The summed E-state index contributed by atoms with van der Waals surface area (Å²) in [5, 5.41) is 0. The van der Waals surface area contributed by atoms with Gasteiger partial charge in [0.05, 0.1) is 19.6 Å². The van der Waals surface area contributed by atoms with Crippen LogP contribution in [0, 0.1) is 0 Å². The van der Waals surface area contributed by atoms with Crippen molar-refractivity contribution >= 4 is 5.97 Å². The van der Waals surface area contributed by atoms with E-state index in [4.69, 9.17) is 9.47 Å². The maximum Gasteiger partial charge on any atom is 0.309 e. The van der Waals surface area contributed by atoms with Crippen LogP contribution >= 0.6 is 0 Å². The van der Waals surface area contributed by atoms with Gasteiger partial charge in [-0.05, 0) is 36.5 Å². The van der Waals surface area contributed by atoms with Gasteiger partial charge in [0, 0.05) is 6.61 Å². The minimum absolute atomic E-state index is 0.0633. The molecule has 3 nitrogen and oxygen atoms in total. The Morgan fingerprint density at radius 2 is 2.35 bits per heavy atom. The molecule has 0 saturated carbocycles. The highest BCUT2D eigenvalue weighted by atomic mass is 16.5. The summed E-state index contributed by atoms with van der Waals surface area (Å²) >= 11 is 0. The van der Waals surface area contributed by atoms with Gasteiger partial charge in [-0.2, -0.15) is 0 Å². The predicted molar refractivity (Wildman–Crippen MR) is 64.9 cm³/mol. The molecule has 0 unspecified atom stereocenters. The second kappa shape index (κ2) is 5.32. The zero-order valence-corrected chi connectivity index (χ0v) is 10.4. The van der Waals surface area contributed by atoms with E-state index in [1.165, 1.54) is 18.2 Å². The van der Waals surface area contributed by atoms with E-state index in [0.717, 1.165) is 25.0 Å². The number of fused-ring (bicyclic) bond motifs is 1. The first-order valence-corrected chi connectivity index (χ1v) is 6.01. The lowest BCUT2D eigenvalue weighted by molar-refractivity contribution is -0.139. The van der Waals surface area contributed by atoms with Crippen LogP contribution in [-0.2, 0) is 27.1 Å². The number of carbonyl (C=O) groups excluding carboxylic acids is 1. The lowest BCUT2D eigenvalue weighted by Gasteiger charge is -2.17. The summed E-state index contributed by atoms with van der Waals surface area (Å²) in [5.74, 6) is -0.199. The van der Waals surface area contributed by atoms with Crippen molar-refractivity contribution in [1.82, 2.24) is 0 Å². The summed E-state index contributed by atoms with van der Waals surface area (Å²) < 4.78 is 10.5. The van der Waals surface area contributed by atoms with E-state index in [9.17, 15) is 4.79 Å². The van der Waals surface area contributed by atoms with E-state index in [0.29, 0.717) is 6.42 Å². The molecule has 0 fully saturated rings. The number of ether oxygens (including phenoxy) is 2. The first kappa shape index (κ1) is 12.1. The molecule has 92 valence electrons. The molecular formula is C14H18O3. The van der Waals surface area contributed by atoms with Crippen molar-refractivity contribution in [2.45, 2.75) is 32.3 Å². The Morgan fingerprint density at radius 3 is 3.12 bits per heavy atom. The summed E-state index contributed by atoms with van der Waals surface area (Å²) in [5.41, 5.74) is 3.51. The van der Waals surface area contributed by atoms with Crippen LogP contribution in [0.25, 0.3) is 0 Å². The average molecular weight is 234 g/mol. The van der Waals surface area contributed by atoms with E-state index < -0.39 is 0 Å². The largest absolute Gasteiger partial charge is 0.469 e. The predicted octanol–water partition coefficient (Wildman–Crippen LogP) is 2.43. The standard InChI is InChI=1S/C14H18O3/c1-10-14-11(7-4-8-17-10)5-3-6-12(14)9-13(15)16-2/h3,5-6,10H,4,7-9H2,1-2H3/t10-/m0/s1. The third-order valence-corrected chi connectivity index (χ3v) is 3.21. The van der Waals surface area contributed by atoms with Gasteiger partial charge in [-0.3, -0.25) is 4.79 Å². The molecule has 1 atom stereocenters. The Kier molecular flexibility index (Phi) is 3.79. The molecule has 0 saturated heterocycles. The normalized spacial score (nSPS) is 19.3. The zero-order valence-electron chi connectivity index (χ0n) is 10.4. The highest BCUT2D eigenvalue weighted by Gasteiger charge is 2.19. The molecule has 0 spiro atoms. The number of aryl methyl sites for hydroxylation is 1. The van der Waals surface area contributed by atoms with Gasteiger partial charge in [-0.1, -0.05) is 18.2 Å². The molecule has 1 aromatic rings. The van der Waals surface area contributed by atoms with Crippen molar-refractivity contribution in [1.29, 1.82) is 0 Å². The molecule has 1 aromatic carbocycles. The Hall–Kier alpha value is -1.35. The molecule has 0 aliphatic carbocycles. The third kappa shape index (κ3) is 2.67. The van der Waals surface area contributed by atoms with Crippen molar-refractivity contribution in [2.24, 2.45) is 0 Å². The fourth-order valence-electron chi connectivity index (χ4n) is 2.39. The molecule has 0 aromatic heterocycles. The molecule has 1 aliphatic rings. The Bertz CT molecular complexity index is 412. The summed E-state index contributed by atoms with van der Waals surface area (Å²) in [4.78, 5) is 11.4. The van der Waals surface area contributed by atoms with Gasteiger partial charge in [-0.15, -0.1) is 0 Å². The van der Waals surface area contributed by atoms with Crippen LogP contribution in [0.2, 0.25) is 0 Å². The van der Waals surface area contributed by atoms with Crippen molar-refractivity contribution in [3.05, 3.63) is 34.9 Å². The molecule has 17 heavy (non-hydrogen) atoms. The number of hydrogen-bond acceptors (Lipinski definition) is 3. The van der Waals surface area contributed by atoms with Crippen molar-refractivity contribution in [3.8, 4) is 0 Å². The van der Waals surface area contributed by atoms with Gasteiger partial charge < -0.3 is 9.47 Å². The number of benzene rings is 1. The zero-order chi connectivity index (χ0) is 12.3. The van der Waals surface area contributed by atoms with E-state index in [2.05, 4.69) is 6.07 Å². The number of hydrogen-bond donors (Lipinski definition) is 0. The molecule has 1 heterocycles. The Balaban J connectivity index is 2.36. The summed E-state index contributed by atoms with van der Waals surface area (Å²) in [6, 6.07) is 6.12. The number of rotatable bonds is 2. The smallest absolute Gasteiger partial charge is 0.309 e. The second-order valence-electron chi connectivity index (χ2n) is 4.36. The SMILES string of the molecule is COC(=O)Cc1cccc2c1[C@H](C)OCCC2. The maximum absolute atomic E-state index is 11.4. The monoisotopic (exact) mass is 234 g/mol. The van der Waals surface area contributed by atoms with Crippen LogP contribution in [0.3, 0.4) is 0 Å². The van der Waals surface area contributed by atoms with Gasteiger partial charge in [0.1, 0.15) is 0 Å². The molecule has 1 aliphatic heterocycles. The van der Waals surface area contributed by atoms with Crippen molar-refractivity contribution in [2.75, 3.05) is 13.7 Å². The fraction of sp³-hybridized carbons (Fsp3) is 0.500. The minimum atomic E-state index is -0.199. The summed E-state index contributed by atoms with van der Waals surface area (Å²) in [6.45, 7) is 2.83. The highest BCUT2D eigenvalue weighted by Crippen LogP contribution is 2.29. The average Bonchev–Trinajstić information content (AvgIpc) is 2.52. The van der Waals surface area contributed by atoms with Gasteiger partial charge in [0.15, 0.2) is 0 Å². The van der Waals surface area contributed by atoms with Gasteiger partial charge in [0.25, 0.3) is 0 Å². The van der Waals surface area contributed by atoms with E-state index >= 15 is 0 Å². The number of methoxy groups -OCH3 is 1. The van der Waals surface area contributed by atoms with E-state index in [-0.39, 0.29) is 12.1 Å². The quantitative estimate of drug-likeness (QED) is 0.737. The van der Waals surface area contributed by atoms with E-state index in [1.54, 1.807) is 0 Å². The lowest BCUT2D eigenvalue weighted by atomic mass is 9.93. The van der Waals surface area contributed by atoms with Crippen LogP contribution < -0.4 is 0 Å². The first-order valence-electron chi connectivity index (χ1n) is 6.01. The topological polar surface area (TPSA) is 35.5 Å². The van der Waals surface area contributed by atoms with Crippen LogP contribution in [0.5, 0.6) is 0 Å². The molecule has 3 heteroatoms. The molecule has 0 amide bonds. The molecule has 0 radical (unpaired) electrons.